The number of para-hydroxylation sites is 3. The van der Waals surface area contributed by atoms with E-state index in [9.17, 15) is 0 Å². The lowest BCUT2D eigenvalue weighted by atomic mass is 9.80. The van der Waals surface area contributed by atoms with Crippen molar-refractivity contribution in [1.29, 1.82) is 0 Å². The molecule has 0 unspecified atom stereocenters. The quantitative estimate of drug-likeness (QED) is 0.135. The van der Waals surface area contributed by atoms with Gasteiger partial charge in [0.05, 0.1) is 33.6 Å². The van der Waals surface area contributed by atoms with Crippen molar-refractivity contribution in [1.82, 2.24) is 15.0 Å². The summed E-state index contributed by atoms with van der Waals surface area (Å²) in [7, 11) is 0. The average molecular weight is 1810 g/mol. The first-order valence-electron chi connectivity index (χ1n) is 49.4. The molecule has 2 aliphatic carbocycles. The normalized spacial score (nSPS) is 12.8. The predicted molar refractivity (Wildman–Crippen MR) is 604 cm³/mol. The zero-order valence-electron chi connectivity index (χ0n) is 79.1. The van der Waals surface area contributed by atoms with Crippen LogP contribution in [-0.4, -0.2) is 15.0 Å². The second-order valence-electron chi connectivity index (χ2n) is 39.5. The number of pyridine rings is 3. The molecule has 0 N–H and O–H groups in total. The summed E-state index contributed by atoms with van der Waals surface area (Å²) in [6, 6.07) is 179. The van der Waals surface area contributed by atoms with Gasteiger partial charge in [0, 0.05) is 43.7 Å². The number of hydrogen-bond donors (Lipinski definition) is 0. The van der Waals surface area contributed by atoms with Crippen LogP contribution >= 0.6 is 0 Å². The standard InChI is InChI=1S/C51H31N.C47H35N.C41H27N/c1-3-15-40-36(11-1)38-13-5-7-17-42(38)48-29-34(25-27-44(40)48)32-21-23-33(24-22-32)51-31-47(46-19-9-10-20-50(46)52-51)35-26-28-45-41-16-4-2-12-37(41)39-14-6-8-18-43(39)49(45)30-35;1-46(2)40-25-32(17-19-34(40)38-21-28-11-5-7-13-30(28)23-42(38)46)37-27-45(48-44-16-10-9-15-36(37)44)33-18-20-35-39-22-29-12-6-8-14-31(29)24-43(39)47(3,4)41(35)26-33;1-3-9-34-25-36(23-17-28(34)7-1)30-13-19-32(20-14-30)39-27-41(42-40-12-6-5-11-38(39)40)33-21-15-31(16-22-33)37-24-18-29-8-2-4-10-35(29)26-37/h1-31H;5-27H,1-4H3;1-27H. The second kappa shape index (κ2) is 33.5. The monoisotopic (exact) mass is 1800 g/mol. The number of rotatable bonds is 9. The molecule has 0 spiro atoms. The summed E-state index contributed by atoms with van der Waals surface area (Å²) in [5.74, 6) is 0. The van der Waals surface area contributed by atoms with Crippen LogP contribution in [0, 0.1) is 0 Å². The van der Waals surface area contributed by atoms with Gasteiger partial charge >= 0.3 is 0 Å². The van der Waals surface area contributed by atoms with E-state index < -0.39 is 0 Å². The molecule has 0 aliphatic heterocycles. The molecule has 0 saturated heterocycles. The van der Waals surface area contributed by atoms with Crippen LogP contribution in [0.3, 0.4) is 0 Å². The maximum Gasteiger partial charge on any atom is 0.0716 e. The average Bonchev–Trinajstić information content (AvgIpc) is 1.52. The van der Waals surface area contributed by atoms with Crippen molar-refractivity contribution < 1.29 is 0 Å². The molecule has 0 saturated carbocycles. The van der Waals surface area contributed by atoms with Crippen molar-refractivity contribution in [3.63, 3.8) is 0 Å². The maximum atomic E-state index is 5.26. The smallest absolute Gasteiger partial charge is 0.0716 e. The molecular weight excluding hydrogens is 1710 g/mol. The van der Waals surface area contributed by atoms with Crippen LogP contribution in [0.2, 0.25) is 0 Å². The molecule has 0 amide bonds. The molecule has 0 radical (unpaired) electrons. The van der Waals surface area contributed by atoms with E-state index in [1.165, 1.54) is 224 Å². The number of nitrogens with zero attached hydrogens (tertiary/aromatic N) is 3. The third-order valence-corrected chi connectivity index (χ3v) is 30.7. The minimum atomic E-state index is -0.101. The number of benzene rings is 24. The van der Waals surface area contributed by atoms with Crippen LogP contribution in [0.15, 0.2) is 491 Å². The Morgan fingerprint density at radius 2 is 0.359 bits per heavy atom. The molecule has 0 bridgehead atoms. The third-order valence-electron chi connectivity index (χ3n) is 30.7. The van der Waals surface area contributed by atoms with Crippen LogP contribution in [0.25, 0.3) is 263 Å². The Labute approximate surface area is 824 Å². The van der Waals surface area contributed by atoms with Gasteiger partial charge in [0.25, 0.3) is 0 Å². The summed E-state index contributed by atoms with van der Waals surface area (Å²) >= 11 is 0. The molecule has 664 valence electrons. The van der Waals surface area contributed by atoms with Gasteiger partial charge in [-0.2, -0.15) is 0 Å². The Hall–Kier alpha value is -17.9. The number of aromatic nitrogens is 3. The summed E-state index contributed by atoms with van der Waals surface area (Å²) in [5.41, 5.74) is 34.6. The van der Waals surface area contributed by atoms with E-state index in [1.807, 2.05) is 0 Å². The van der Waals surface area contributed by atoms with E-state index in [-0.39, 0.29) is 10.8 Å². The van der Waals surface area contributed by atoms with Gasteiger partial charge in [-0.1, -0.05) is 422 Å². The third kappa shape index (κ3) is 14.2. The summed E-state index contributed by atoms with van der Waals surface area (Å²) in [6.45, 7) is 9.48. The molecular formula is C139H93N3. The van der Waals surface area contributed by atoms with Gasteiger partial charge in [-0.3, -0.25) is 0 Å². The van der Waals surface area contributed by atoms with Crippen molar-refractivity contribution in [2.75, 3.05) is 0 Å². The van der Waals surface area contributed by atoms with Crippen LogP contribution in [-0.2, 0) is 10.8 Å². The highest BCUT2D eigenvalue weighted by molar-refractivity contribution is 6.27. The molecule has 3 aromatic heterocycles. The van der Waals surface area contributed by atoms with Gasteiger partial charge in [-0.15, -0.1) is 0 Å². The first-order valence-corrected chi connectivity index (χ1v) is 49.4. The highest BCUT2D eigenvalue weighted by Gasteiger charge is 2.38. The Balaban J connectivity index is 0.000000107. The summed E-state index contributed by atoms with van der Waals surface area (Å²) in [4.78, 5) is 15.5. The molecule has 142 heavy (non-hydrogen) atoms. The van der Waals surface area contributed by atoms with Crippen LogP contribution < -0.4 is 0 Å². The summed E-state index contributed by atoms with van der Waals surface area (Å²) in [6.07, 6.45) is 0. The topological polar surface area (TPSA) is 38.7 Å². The van der Waals surface area contributed by atoms with Crippen molar-refractivity contribution in [2.24, 2.45) is 0 Å². The fraction of sp³-hybridized carbons (Fsp3) is 0.0432. The van der Waals surface area contributed by atoms with Gasteiger partial charge < -0.3 is 0 Å². The Morgan fingerprint density at radius 1 is 0.127 bits per heavy atom. The van der Waals surface area contributed by atoms with E-state index >= 15 is 0 Å². The highest BCUT2D eigenvalue weighted by atomic mass is 14.7. The zero-order chi connectivity index (χ0) is 94.4. The summed E-state index contributed by atoms with van der Waals surface area (Å²) < 4.78 is 0. The van der Waals surface area contributed by atoms with Crippen molar-refractivity contribution in [3.8, 4) is 123 Å². The molecule has 24 aromatic carbocycles. The summed E-state index contributed by atoms with van der Waals surface area (Å²) in [5, 5.41) is 29.2. The lowest BCUT2D eigenvalue weighted by molar-refractivity contribution is 0.661. The molecule has 2 aliphatic rings. The molecule has 3 heterocycles. The van der Waals surface area contributed by atoms with Crippen molar-refractivity contribution >= 4 is 140 Å². The van der Waals surface area contributed by atoms with Gasteiger partial charge in [0.1, 0.15) is 0 Å². The van der Waals surface area contributed by atoms with E-state index in [1.54, 1.807) is 0 Å². The number of fused-ring (bicyclic) bond motifs is 25. The fourth-order valence-corrected chi connectivity index (χ4v) is 23.3. The molecule has 3 heteroatoms. The van der Waals surface area contributed by atoms with E-state index in [0.29, 0.717) is 0 Å². The van der Waals surface area contributed by atoms with E-state index in [4.69, 9.17) is 15.0 Å². The Morgan fingerprint density at radius 3 is 0.746 bits per heavy atom. The van der Waals surface area contributed by atoms with Gasteiger partial charge in [0.2, 0.25) is 0 Å². The van der Waals surface area contributed by atoms with Gasteiger partial charge in [0.15, 0.2) is 0 Å². The molecule has 3 nitrogen and oxygen atoms in total. The molecule has 0 atom stereocenters. The minimum absolute atomic E-state index is 0.0955. The fourth-order valence-electron chi connectivity index (χ4n) is 23.3. The van der Waals surface area contributed by atoms with Crippen LogP contribution in [0.5, 0.6) is 0 Å². The van der Waals surface area contributed by atoms with Crippen molar-refractivity contribution in [2.45, 2.75) is 38.5 Å². The van der Waals surface area contributed by atoms with Crippen LogP contribution in [0.4, 0.5) is 0 Å². The first-order chi connectivity index (χ1) is 69.8. The number of hydrogen-bond acceptors (Lipinski definition) is 3. The lowest BCUT2D eigenvalue weighted by Gasteiger charge is -2.23. The highest BCUT2D eigenvalue weighted by Crippen LogP contribution is 2.55. The Kier molecular flexibility index (Phi) is 19.7. The second-order valence-corrected chi connectivity index (χ2v) is 39.5. The zero-order valence-corrected chi connectivity index (χ0v) is 79.1. The first kappa shape index (κ1) is 83.5. The molecule has 0 fully saturated rings. The predicted octanol–water partition coefficient (Wildman–Crippen LogP) is 37.9. The van der Waals surface area contributed by atoms with E-state index in [2.05, 4.69) is 519 Å². The molecule has 29 rings (SSSR count). The minimum Gasteiger partial charge on any atom is -0.248 e. The maximum absolute atomic E-state index is 5.26. The SMILES string of the molecule is CC1(C)c2cc(-c3cc(-c4ccc5c(c4)C(C)(C)c4cc6ccccc6cc4-5)c4ccccc4n3)ccc2-c2cc3ccccc3cc21.c1ccc2c(-c3ccc4c5ccccc5c5ccccc5c4c3)cc(-c3ccc(-c4ccc5c6ccccc6c6ccccc6c5c4)cc3)nc2c1.c1ccc2cc(-c3ccc(-c4cc(-c5ccc(-c6ccc7ccccc7c6)cc5)c5ccccc5n4)cc3)ccc2c1. The van der Waals surface area contributed by atoms with Crippen LogP contribution in [0.1, 0.15) is 49.9 Å². The van der Waals surface area contributed by atoms with Gasteiger partial charge in [-0.25, -0.2) is 15.0 Å². The van der Waals surface area contributed by atoms with Gasteiger partial charge in [-0.05, 0) is 316 Å². The largest absolute Gasteiger partial charge is 0.248 e. The lowest BCUT2D eigenvalue weighted by Crippen LogP contribution is -2.15. The van der Waals surface area contributed by atoms with E-state index in [0.717, 1.165) is 61.1 Å². The molecule has 27 aromatic rings. The Bertz CT molecular complexity index is 9840. The van der Waals surface area contributed by atoms with Crippen molar-refractivity contribution in [3.05, 3.63) is 514 Å².